The van der Waals surface area contributed by atoms with Crippen LogP contribution in [0.3, 0.4) is 0 Å². The molecule has 0 aromatic heterocycles. The van der Waals surface area contributed by atoms with Gasteiger partial charge in [0.2, 0.25) is 0 Å². The van der Waals surface area contributed by atoms with Crippen molar-refractivity contribution >= 4 is 35.1 Å². The lowest BCUT2D eigenvalue weighted by Gasteiger charge is -2.07. The van der Waals surface area contributed by atoms with E-state index in [9.17, 15) is 4.79 Å². The minimum atomic E-state index is -0.0680. The van der Waals surface area contributed by atoms with Gasteiger partial charge in [0.05, 0.1) is 0 Å². The molecule has 4 heteroatoms. The lowest BCUT2D eigenvalue weighted by molar-refractivity contribution is 0.102. The smallest absolute Gasteiger partial charge is 0.255 e. The van der Waals surface area contributed by atoms with Gasteiger partial charge in [-0.2, -0.15) is 11.8 Å². The van der Waals surface area contributed by atoms with Gasteiger partial charge in [0.1, 0.15) is 0 Å². The van der Waals surface area contributed by atoms with Crippen molar-refractivity contribution < 1.29 is 4.79 Å². The first-order valence-electron chi connectivity index (χ1n) is 6.85. The number of rotatable bonds is 6. The number of hydrogen-bond acceptors (Lipinski definition) is 3. The zero-order chi connectivity index (χ0) is 15.1. The van der Waals surface area contributed by atoms with E-state index in [1.165, 1.54) is 10.5 Å². The van der Waals surface area contributed by atoms with Crippen molar-refractivity contribution in [3.05, 3.63) is 59.7 Å². The quantitative estimate of drug-likeness (QED) is 0.767. The Morgan fingerprint density at radius 2 is 1.71 bits per heavy atom. The van der Waals surface area contributed by atoms with Gasteiger partial charge in [0.25, 0.3) is 5.91 Å². The van der Waals surface area contributed by atoms with Crippen molar-refractivity contribution in [3.8, 4) is 0 Å². The first-order valence-corrected chi connectivity index (χ1v) is 9.23. The molecule has 0 radical (unpaired) electrons. The lowest BCUT2D eigenvalue weighted by atomic mass is 10.1. The molecule has 0 fully saturated rings. The molecule has 2 aromatic rings. The molecule has 1 amide bonds. The summed E-state index contributed by atoms with van der Waals surface area (Å²) in [4.78, 5) is 13.4. The van der Waals surface area contributed by atoms with E-state index in [0.29, 0.717) is 5.56 Å². The van der Waals surface area contributed by atoms with Crippen molar-refractivity contribution in [2.75, 3.05) is 17.3 Å². The molecule has 2 nitrogen and oxygen atoms in total. The first-order chi connectivity index (χ1) is 10.2. The Hall–Kier alpha value is -1.39. The van der Waals surface area contributed by atoms with Crippen LogP contribution in [-0.4, -0.2) is 17.9 Å². The maximum atomic E-state index is 12.2. The molecule has 0 saturated carbocycles. The van der Waals surface area contributed by atoms with Crippen LogP contribution in [0.2, 0.25) is 0 Å². The van der Waals surface area contributed by atoms with Crippen molar-refractivity contribution in [1.29, 1.82) is 0 Å². The van der Waals surface area contributed by atoms with Crippen LogP contribution in [-0.2, 0) is 5.75 Å². The van der Waals surface area contributed by atoms with Crippen molar-refractivity contribution in [2.45, 2.75) is 17.6 Å². The summed E-state index contributed by atoms with van der Waals surface area (Å²) < 4.78 is 0. The highest BCUT2D eigenvalue weighted by Gasteiger charge is 2.06. The second-order valence-corrected chi connectivity index (χ2v) is 6.67. The molecule has 0 heterocycles. The third-order valence-corrected chi connectivity index (χ3v) is 4.73. The Labute approximate surface area is 134 Å². The van der Waals surface area contributed by atoms with Crippen LogP contribution >= 0.6 is 23.5 Å². The largest absolute Gasteiger partial charge is 0.322 e. The van der Waals surface area contributed by atoms with E-state index in [4.69, 9.17) is 0 Å². The summed E-state index contributed by atoms with van der Waals surface area (Å²) in [7, 11) is 0. The number of carbonyl (C=O) groups is 1. The monoisotopic (exact) mass is 317 g/mol. The fourth-order valence-corrected chi connectivity index (χ4v) is 2.89. The van der Waals surface area contributed by atoms with Crippen molar-refractivity contribution in [1.82, 2.24) is 0 Å². The summed E-state index contributed by atoms with van der Waals surface area (Å²) in [6.07, 6.45) is 2.03. The summed E-state index contributed by atoms with van der Waals surface area (Å²) in [5.41, 5.74) is 2.76. The first kappa shape index (κ1) is 16.0. The maximum absolute atomic E-state index is 12.2. The highest BCUT2D eigenvalue weighted by molar-refractivity contribution is 7.98. The standard InChI is InChI=1S/C17H19NOS2/c1-3-21-12-13-4-6-14(7-5-13)17(19)18-15-8-10-16(20-2)11-9-15/h4-11H,3,12H2,1-2H3,(H,18,19). The van der Waals surface area contributed by atoms with E-state index in [2.05, 4.69) is 12.2 Å². The summed E-state index contributed by atoms with van der Waals surface area (Å²) >= 11 is 3.57. The van der Waals surface area contributed by atoms with Gasteiger partial charge in [0, 0.05) is 21.9 Å². The average Bonchev–Trinajstić information content (AvgIpc) is 2.54. The Balaban J connectivity index is 1.98. The fourth-order valence-electron chi connectivity index (χ4n) is 1.85. The molecular formula is C17H19NOS2. The number of anilines is 1. The Bertz CT molecular complexity index is 579. The van der Waals surface area contributed by atoms with Gasteiger partial charge in [0.15, 0.2) is 0 Å². The van der Waals surface area contributed by atoms with Gasteiger partial charge < -0.3 is 5.32 Å². The minimum Gasteiger partial charge on any atom is -0.322 e. The number of thioether (sulfide) groups is 2. The molecule has 2 aromatic carbocycles. The third-order valence-electron chi connectivity index (χ3n) is 3.04. The van der Waals surface area contributed by atoms with Crippen LogP contribution in [0, 0.1) is 0 Å². The van der Waals surface area contributed by atoms with Crippen LogP contribution in [0.1, 0.15) is 22.8 Å². The normalized spacial score (nSPS) is 10.4. The summed E-state index contributed by atoms with van der Waals surface area (Å²) in [6.45, 7) is 2.15. The molecule has 0 unspecified atom stereocenters. The molecule has 21 heavy (non-hydrogen) atoms. The number of hydrogen-bond donors (Lipinski definition) is 1. The second-order valence-electron chi connectivity index (χ2n) is 4.52. The fraction of sp³-hybridized carbons (Fsp3) is 0.235. The van der Waals surface area contributed by atoms with E-state index >= 15 is 0 Å². The van der Waals surface area contributed by atoms with Gasteiger partial charge >= 0.3 is 0 Å². The predicted octanol–water partition coefficient (Wildman–Crippen LogP) is 4.91. The second kappa shape index (κ2) is 8.15. The summed E-state index contributed by atoms with van der Waals surface area (Å²) in [5, 5.41) is 2.92. The highest BCUT2D eigenvalue weighted by atomic mass is 32.2. The van der Waals surface area contributed by atoms with Crippen LogP contribution in [0.15, 0.2) is 53.4 Å². The van der Waals surface area contributed by atoms with Gasteiger partial charge in [-0.3, -0.25) is 4.79 Å². The topological polar surface area (TPSA) is 29.1 Å². The third kappa shape index (κ3) is 4.83. The number of carbonyl (C=O) groups excluding carboxylic acids is 1. The molecule has 0 bridgehead atoms. The average molecular weight is 317 g/mol. The number of amides is 1. The zero-order valence-corrected chi connectivity index (χ0v) is 13.9. The molecule has 0 atom stereocenters. The van der Waals surface area contributed by atoms with Crippen LogP contribution in [0.5, 0.6) is 0 Å². The van der Waals surface area contributed by atoms with Crippen LogP contribution < -0.4 is 5.32 Å². The molecule has 2 rings (SSSR count). The minimum absolute atomic E-state index is 0.0680. The van der Waals surface area contributed by atoms with Crippen LogP contribution in [0.4, 0.5) is 5.69 Å². The molecule has 0 aliphatic rings. The molecule has 110 valence electrons. The van der Waals surface area contributed by atoms with Crippen molar-refractivity contribution in [3.63, 3.8) is 0 Å². The molecular weight excluding hydrogens is 298 g/mol. The Morgan fingerprint density at radius 3 is 2.29 bits per heavy atom. The Kier molecular flexibility index (Phi) is 6.21. The molecule has 0 saturated heterocycles. The highest BCUT2D eigenvalue weighted by Crippen LogP contribution is 2.18. The van der Waals surface area contributed by atoms with Gasteiger partial charge in [-0.15, -0.1) is 11.8 Å². The molecule has 1 N–H and O–H groups in total. The number of nitrogens with one attached hydrogen (secondary N) is 1. The van der Waals surface area contributed by atoms with E-state index in [1.807, 2.05) is 66.5 Å². The summed E-state index contributed by atoms with van der Waals surface area (Å²) in [6, 6.07) is 15.7. The molecule has 0 aliphatic carbocycles. The van der Waals surface area contributed by atoms with E-state index in [0.717, 1.165) is 17.2 Å². The van der Waals surface area contributed by atoms with E-state index in [-0.39, 0.29) is 5.91 Å². The van der Waals surface area contributed by atoms with Crippen molar-refractivity contribution in [2.24, 2.45) is 0 Å². The summed E-state index contributed by atoms with van der Waals surface area (Å²) in [5.74, 6) is 2.03. The lowest BCUT2D eigenvalue weighted by Crippen LogP contribution is -2.11. The van der Waals surface area contributed by atoms with Gasteiger partial charge in [-0.25, -0.2) is 0 Å². The zero-order valence-electron chi connectivity index (χ0n) is 12.3. The number of benzene rings is 2. The van der Waals surface area contributed by atoms with Gasteiger partial charge in [-0.1, -0.05) is 19.1 Å². The maximum Gasteiger partial charge on any atom is 0.255 e. The SMILES string of the molecule is CCSCc1ccc(C(=O)Nc2ccc(SC)cc2)cc1. The van der Waals surface area contributed by atoms with E-state index in [1.54, 1.807) is 11.8 Å². The predicted molar refractivity (Wildman–Crippen MR) is 94.5 cm³/mol. The van der Waals surface area contributed by atoms with E-state index < -0.39 is 0 Å². The molecule has 0 spiro atoms. The Morgan fingerprint density at radius 1 is 1.05 bits per heavy atom. The van der Waals surface area contributed by atoms with Crippen LogP contribution in [0.25, 0.3) is 0 Å². The van der Waals surface area contributed by atoms with Gasteiger partial charge in [-0.05, 0) is 54.0 Å². The molecule has 0 aliphatic heterocycles.